The van der Waals surface area contributed by atoms with Crippen molar-refractivity contribution in [2.75, 3.05) is 36.4 Å². The number of imide groups is 1. The van der Waals surface area contributed by atoms with Crippen molar-refractivity contribution in [3.8, 4) is 0 Å². The fourth-order valence-electron chi connectivity index (χ4n) is 3.52. The maximum Gasteiger partial charge on any atom is 0.407 e. The highest BCUT2D eigenvalue weighted by molar-refractivity contribution is 14.1. The predicted molar refractivity (Wildman–Crippen MR) is 121 cm³/mol. The molecule has 0 unspecified atom stereocenters. The number of carbonyl (C=O) groups excluding carboxylic acids is 2. The third-order valence-corrected chi connectivity index (χ3v) is 5.82. The molecule has 3 N–H and O–H groups in total. The molecule has 2 aromatic rings. The standard InChI is InChI=1S/C21H19IN4O4/c22-13-1-6-16-17(11-13)18(20(28)24-19(16)27)12-23-14-2-4-15(5-3-14)25-7-9-26(10-8-25)21(29)30/h1-6,11-12,23H,7-10H2,(H,29,30)(H,24,27,28). The van der Waals surface area contributed by atoms with Gasteiger partial charge in [-0.3, -0.25) is 14.9 Å². The van der Waals surface area contributed by atoms with Crippen LogP contribution >= 0.6 is 22.6 Å². The number of hydrogen-bond acceptors (Lipinski definition) is 5. The molecule has 0 radical (unpaired) electrons. The molecule has 2 aliphatic rings. The van der Waals surface area contributed by atoms with Crippen LogP contribution in [-0.4, -0.2) is 54.1 Å². The highest BCUT2D eigenvalue weighted by atomic mass is 127. The first-order valence-corrected chi connectivity index (χ1v) is 10.5. The van der Waals surface area contributed by atoms with E-state index in [0.717, 1.165) is 14.9 Å². The van der Waals surface area contributed by atoms with Crippen LogP contribution in [0.1, 0.15) is 15.9 Å². The molecule has 154 valence electrons. The zero-order valence-corrected chi connectivity index (χ0v) is 18.0. The Morgan fingerprint density at radius 3 is 2.37 bits per heavy atom. The number of benzene rings is 2. The van der Waals surface area contributed by atoms with E-state index in [1.807, 2.05) is 36.4 Å². The third kappa shape index (κ3) is 4.11. The smallest absolute Gasteiger partial charge is 0.407 e. The van der Waals surface area contributed by atoms with Crippen molar-refractivity contribution in [3.05, 3.63) is 63.4 Å². The second kappa shape index (κ2) is 8.34. The number of carboxylic acid groups (broad SMARTS) is 1. The van der Waals surface area contributed by atoms with Crippen molar-refractivity contribution >= 4 is 57.4 Å². The van der Waals surface area contributed by atoms with E-state index in [-0.39, 0.29) is 0 Å². The van der Waals surface area contributed by atoms with E-state index >= 15 is 0 Å². The topological polar surface area (TPSA) is 102 Å². The molecule has 9 heteroatoms. The molecule has 0 saturated carbocycles. The van der Waals surface area contributed by atoms with E-state index in [1.54, 1.807) is 12.3 Å². The summed E-state index contributed by atoms with van der Waals surface area (Å²) in [5.74, 6) is -0.828. The van der Waals surface area contributed by atoms with Crippen LogP contribution in [0.2, 0.25) is 0 Å². The van der Waals surface area contributed by atoms with Crippen molar-refractivity contribution in [1.29, 1.82) is 0 Å². The van der Waals surface area contributed by atoms with Crippen molar-refractivity contribution in [1.82, 2.24) is 10.2 Å². The van der Waals surface area contributed by atoms with Gasteiger partial charge in [0.05, 0.1) is 5.57 Å². The molecular weight excluding hydrogens is 499 g/mol. The Labute approximate surface area is 186 Å². The number of halogens is 1. The molecule has 2 heterocycles. The Bertz CT molecular complexity index is 1040. The maximum absolute atomic E-state index is 12.3. The molecule has 8 nitrogen and oxygen atoms in total. The lowest BCUT2D eigenvalue weighted by molar-refractivity contribution is -0.114. The number of piperazine rings is 1. The number of rotatable bonds is 3. The SMILES string of the molecule is O=C1NC(=O)c2ccc(I)cc2C1=CNc1ccc(N2CCN(C(=O)O)CC2)cc1. The molecule has 0 bridgehead atoms. The minimum absolute atomic E-state index is 0.393. The van der Waals surface area contributed by atoms with E-state index in [1.165, 1.54) is 4.90 Å². The van der Waals surface area contributed by atoms with Gasteiger partial charge in [-0.15, -0.1) is 0 Å². The lowest BCUT2D eigenvalue weighted by Gasteiger charge is -2.34. The van der Waals surface area contributed by atoms with Gasteiger partial charge in [0.25, 0.3) is 11.8 Å². The number of nitrogens with one attached hydrogen (secondary N) is 2. The Morgan fingerprint density at radius 2 is 1.70 bits per heavy atom. The second-order valence-electron chi connectivity index (χ2n) is 6.98. The molecule has 0 aromatic heterocycles. The van der Waals surface area contributed by atoms with Crippen LogP contribution in [0.25, 0.3) is 5.57 Å². The van der Waals surface area contributed by atoms with E-state index in [2.05, 4.69) is 38.1 Å². The molecule has 0 atom stereocenters. The van der Waals surface area contributed by atoms with Gasteiger partial charge in [0, 0.05) is 58.5 Å². The summed E-state index contributed by atoms with van der Waals surface area (Å²) in [5.41, 5.74) is 3.29. The Balaban J connectivity index is 1.48. The number of carbonyl (C=O) groups is 3. The first-order chi connectivity index (χ1) is 14.4. The summed E-state index contributed by atoms with van der Waals surface area (Å²) in [6.07, 6.45) is 0.726. The van der Waals surface area contributed by atoms with Crippen LogP contribution in [0.3, 0.4) is 0 Å². The summed E-state index contributed by atoms with van der Waals surface area (Å²) in [7, 11) is 0. The van der Waals surface area contributed by atoms with Gasteiger partial charge in [-0.2, -0.15) is 0 Å². The summed E-state index contributed by atoms with van der Waals surface area (Å²) >= 11 is 2.15. The van der Waals surface area contributed by atoms with Crippen LogP contribution in [0.15, 0.2) is 48.7 Å². The van der Waals surface area contributed by atoms with Crippen molar-refractivity contribution in [2.45, 2.75) is 0 Å². The first kappa shape index (κ1) is 20.2. The van der Waals surface area contributed by atoms with Crippen LogP contribution in [-0.2, 0) is 4.79 Å². The van der Waals surface area contributed by atoms with Crippen LogP contribution in [0.5, 0.6) is 0 Å². The molecule has 1 saturated heterocycles. The van der Waals surface area contributed by atoms with Crippen LogP contribution in [0.4, 0.5) is 16.2 Å². The van der Waals surface area contributed by atoms with Gasteiger partial charge in [-0.25, -0.2) is 4.79 Å². The normalized spacial score (nSPS) is 17.6. The van der Waals surface area contributed by atoms with Crippen LogP contribution in [0, 0.1) is 3.57 Å². The van der Waals surface area contributed by atoms with E-state index in [4.69, 9.17) is 5.11 Å². The molecule has 2 aliphatic heterocycles. The number of amides is 3. The van der Waals surface area contributed by atoms with E-state index in [0.29, 0.717) is 42.9 Å². The maximum atomic E-state index is 12.3. The van der Waals surface area contributed by atoms with Gasteiger partial charge in [0.1, 0.15) is 0 Å². The minimum atomic E-state index is -0.882. The van der Waals surface area contributed by atoms with E-state index < -0.39 is 17.9 Å². The molecule has 4 rings (SSSR count). The highest BCUT2D eigenvalue weighted by Crippen LogP contribution is 2.26. The zero-order chi connectivity index (χ0) is 21.3. The summed E-state index contributed by atoms with van der Waals surface area (Å²) in [4.78, 5) is 39.0. The highest BCUT2D eigenvalue weighted by Gasteiger charge is 2.27. The summed E-state index contributed by atoms with van der Waals surface area (Å²) in [6, 6.07) is 13.1. The van der Waals surface area contributed by atoms with Crippen molar-refractivity contribution in [3.63, 3.8) is 0 Å². The van der Waals surface area contributed by atoms with Gasteiger partial charge < -0.3 is 20.2 Å². The average molecular weight is 518 g/mol. The first-order valence-electron chi connectivity index (χ1n) is 9.37. The predicted octanol–water partition coefficient (Wildman–Crippen LogP) is 2.81. The number of fused-ring (bicyclic) bond motifs is 1. The minimum Gasteiger partial charge on any atom is -0.465 e. The second-order valence-corrected chi connectivity index (χ2v) is 8.22. The zero-order valence-electron chi connectivity index (χ0n) is 15.9. The van der Waals surface area contributed by atoms with Gasteiger partial charge >= 0.3 is 6.09 Å². The van der Waals surface area contributed by atoms with Gasteiger partial charge in [0.15, 0.2) is 0 Å². The summed E-state index contributed by atoms with van der Waals surface area (Å²) < 4.78 is 0.937. The molecule has 1 fully saturated rings. The molecule has 30 heavy (non-hydrogen) atoms. The van der Waals surface area contributed by atoms with Crippen molar-refractivity contribution < 1.29 is 19.5 Å². The molecule has 0 aliphatic carbocycles. The fraction of sp³-hybridized carbons (Fsp3) is 0.190. The summed E-state index contributed by atoms with van der Waals surface area (Å²) in [5, 5.41) is 14.5. The summed E-state index contributed by atoms with van der Waals surface area (Å²) in [6.45, 7) is 2.25. The molecule has 0 spiro atoms. The van der Waals surface area contributed by atoms with Crippen LogP contribution < -0.4 is 15.5 Å². The average Bonchev–Trinajstić information content (AvgIpc) is 2.74. The molecule has 2 aromatic carbocycles. The van der Waals surface area contributed by atoms with E-state index in [9.17, 15) is 14.4 Å². The number of nitrogens with zero attached hydrogens (tertiary/aromatic N) is 2. The fourth-order valence-corrected chi connectivity index (χ4v) is 4.01. The van der Waals surface area contributed by atoms with Gasteiger partial charge in [-0.05, 0) is 65.1 Å². The Kier molecular flexibility index (Phi) is 5.62. The quantitative estimate of drug-likeness (QED) is 0.328. The lowest BCUT2D eigenvalue weighted by Crippen LogP contribution is -2.48. The molecule has 3 amide bonds. The lowest BCUT2D eigenvalue weighted by atomic mass is 9.95. The monoisotopic (exact) mass is 518 g/mol. The Morgan fingerprint density at radius 1 is 1.00 bits per heavy atom. The third-order valence-electron chi connectivity index (χ3n) is 5.15. The molecular formula is C21H19IN4O4. The number of anilines is 2. The number of hydrogen-bond donors (Lipinski definition) is 3. The largest absolute Gasteiger partial charge is 0.465 e. The van der Waals surface area contributed by atoms with Gasteiger partial charge in [-0.1, -0.05) is 0 Å². The Hall–Kier alpha value is -3.08. The van der Waals surface area contributed by atoms with Gasteiger partial charge in [0.2, 0.25) is 0 Å². The van der Waals surface area contributed by atoms with Crippen molar-refractivity contribution in [2.24, 2.45) is 0 Å².